The number of hydrogen-bond acceptors (Lipinski definition) is 6. The summed E-state index contributed by atoms with van der Waals surface area (Å²) in [5.74, 6) is -0.947. The molecule has 198 valence electrons. The number of fused-ring (bicyclic) bond motifs is 1. The highest BCUT2D eigenvalue weighted by atomic mass is 32.2. The van der Waals surface area contributed by atoms with Crippen LogP contribution in [0.1, 0.15) is 61.9 Å². The van der Waals surface area contributed by atoms with E-state index in [9.17, 15) is 18.0 Å². The number of ether oxygens (including phenoxy) is 1. The minimum absolute atomic E-state index is 0.0456. The zero-order chi connectivity index (χ0) is 26.6. The van der Waals surface area contributed by atoms with Gasteiger partial charge in [-0.3, -0.25) is 9.59 Å². The average molecular weight is 544 g/mol. The summed E-state index contributed by atoms with van der Waals surface area (Å²) in [6.45, 7) is 4.51. The Labute approximate surface area is 221 Å². The zero-order valence-electron chi connectivity index (χ0n) is 21.5. The summed E-state index contributed by atoms with van der Waals surface area (Å²) in [5, 5.41) is 0. The molecule has 1 aliphatic heterocycles. The average Bonchev–Trinajstić information content (AvgIpc) is 3.23. The maximum absolute atomic E-state index is 13.1. The molecule has 2 heterocycles. The lowest BCUT2D eigenvalue weighted by atomic mass is 10.1. The number of benzene rings is 2. The molecule has 1 fully saturated rings. The molecule has 4 rings (SSSR count). The van der Waals surface area contributed by atoms with E-state index in [2.05, 4.69) is 18.0 Å². The Morgan fingerprint density at radius 3 is 2.57 bits per heavy atom. The molecule has 10 heteroatoms. The number of aryl methyl sites for hydroxylation is 1. The van der Waals surface area contributed by atoms with Gasteiger partial charge in [0.2, 0.25) is 10.0 Å². The zero-order valence-corrected chi connectivity index (χ0v) is 23.1. The Balaban J connectivity index is 1.66. The van der Waals surface area contributed by atoms with Crippen LogP contribution in [0, 0.1) is 0 Å². The maximum Gasteiger partial charge on any atom is 0.325 e. The molecule has 0 saturated carbocycles. The first kappa shape index (κ1) is 27.2. The highest BCUT2D eigenvalue weighted by Crippen LogP contribution is 2.25. The second-order valence-corrected chi connectivity index (χ2v) is 12.3. The predicted octanol–water partition coefficient (Wildman–Crippen LogP) is 4.52. The van der Waals surface area contributed by atoms with Gasteiger partial charge in [0.15, 0.2) is 4.80 Å². The fourth-order valence-corrected chi connectivity index (χ4v) is 7.36. The molecule has 0 bridgehead atoms. The molecule has 1 saturated heterocycles. The molecular formula is C27H33N3O5S2. The van der Waals surface area contributed by atoms with Gasteiger partial charge in [0.1, 0.15) is 6.54 Å². The van der Waals surface area contributed by atoms with E-state index in [1.54, 1.807) is 8.87 Å². The topological polar surface area (TPSA) is 98.0 Å². The molecule has 3 aromatic rings. The van der Waals surface area contributed by atoms with E-state index >= 15 is 0 Å². The van der Waals surface area contributed by atoms with Crippen molar-refractivity contribution in [3.05, 3.63) is 58.4 Å². The maximum atomic E-state index is 13.1. The van der Waals surface area contributed by atoms with E-state index in [0.717, 1.165) is 48.7 Å². The highest BCUT2D eigenvalue weighted by Gasteiger charge is 2.31. The number of hydrogen-bond donors (Lipinski definition) is 0. The number of piperidine rings is 1. The number of thiazole rings is 1. The number of rotatable bonds is 8. The lowest BCUT2D eigenvalue weighted by molar-refractivity contribution is -0.141. The van der Waals surface area contributed by atoms with Gasteiger partial charge in [-0.1, -0.05) is 37.2 Å². The minimum atomic E-state index is -3.63. The molecule has 2 aromatic carbocycles. The largest absolute Gasteiger partial charge is 0.468 e. The van der Waals surface area contributed by atoms with E-state index in [-0.39, 0.29) is 23.0 Å². The number of unbranched alkanes of at least 4 members (excludes halogenated alkanes) is 1. The van der Waals surface area contributed by atoms with Crippen molar-refractivity contribution in [3.63, 3.8) is 0 Å². The van der Waals surface area contributed by atoms with Crippen molar-refractivity contribution in [2.24, 2.45) is 4.99 Å². The lowest BCUT2D eigenvalue weighted by Crippen LogP contribution is -2.41. The van der Waals surface area contributed by atoms with E-state index in [1.807, 2.05) is 19.1 Å². The van der Waals surface area contributed by atoms with Crippen LogP contribution in [0.2, 0.25) is 0 Å². The summed E-state index contributed by atoms with van der Waals surface area (Å²) >= 11 is 1.34. The predicted molar refractivity (Wildman–Crippen MR) is 144 cm³/mol. The van der Waals surface area contributed by atoms with Gasteiger partial charge in [0.25, 0.3) is 5.91 Å². The Kier molecular flexibility index (Phi) is 8.61. The van der Waals surface area contributed by atoms with E-state index in [1.165, 1.54) is 48.3 Å². The van der Waals surface area contributed by atoms with Gasteiger partial charge in [0, 0.05) is 18.2 Å². The summed E-state index contributed by atoms with van der Waals surface area (Å²) in [6.07, 6.45) is 5.84. The van der Waals surface area contributed by atoms with Crippen LogP contribution in [0.15, 0.2) is 52.4 Å². The van der Waals surface area contributed by atoms with Gasteiger partial charge in [-0.15, -0.1) is 0 Å². The van der Waals surface area contributed by atoms with Crippen LogP contribution in [0.5, 0.6) is 0 Å². The standard InChI is InChI=1S/C27H33N3O5S2/c1-4-5-9-20-10-15-23-24(17-20)36-27(29(23)18-25(31)35-3)28-26(32)21-11-13-22(14-12-21)37(33,34)30-16-7-6-8-19(30)2/h10-15,17,19H,4-9,16,18H2,1-3H3. The van der Waals surface area contributed by atoms with Gasteiger partial charge in [-0.05, 0) is 74.6 Å². The van der Waals surface area contributed by atoms with E-state index in [0.29, 0.717) is 11.3 Å². The van der Waals surface area contributed by atoms with Crippen molar-refractivity contribution >= 4 is 43.5 Å². The molecule has 37 heavy (non-hydrogen) atoms. The number of sulfonamides is 1. The fraction of sp³-hybridized carbons (Fsp3) is 0.444. The molecule has 1 atom stereocenters. The molecule has 0 aliphatic carbocycles. The summed E-state index contributed by atoms with van der Waals surface area (Å²) in [7, 11) is -2.30. The quantitative estimate of drug-likeness (QED) is 0.389. The molecule has 0 spiro atoms. The number of aromatic nitrogens is 1. The SMILES string of the molecule is CCCCc1ccc2c(c1)sc(=NC(=O)c1ccc(S(=O)(=O)N3CCCCC3C)cc1)n2CC(=O)OC. The monoisotopic (exact) mass is 543 g/mol. The van der Waals surface area contributed by atoms with Gasteiger partial charge in [0.05, 0.1) is 22.2 Å². The van der Waals surface area contributed by atoms with Gasteiger partial charge in [-0.25, -0.2) is 8.42 Å². The first-order chi connectivity index (χ1) is 17.7. The van der Waals surface area contributed by atoms with Crippen molar-refractivity contribution < 1.29 is 22.7 Å². The van der Waals surface area contributed by atoms with E-state index < -0.39 is 21.9 Å². The van der Waals surface area contributed by atoms with Crippen LogP contribution in [0.25, 0.3) is 10.2 Å². The van der Waals surface area contributed by atoms with Crippen LogP contribution >= 0.6 is 11.3 Å². The number of carbonyl (C=O) groups is 2. The van der Waals surface area contributed by atoms with Crippen molar-refractivity contribution in [1.82, 2.24) is 8.87 Å². The number of methoxy groups -OCH3 is 1. The highest BCUT2D eigenvalue weighted by molar-refractivity contribution is 7.89. The summed E-state index contributed by atoms with van der Waals surface area (Å²) in [5.41, 5.74) is 2.27. The second-order valence-electron chi connectivity index (χ2n) is 9.35. The number of carbonyl (C=O) groups excluding carboxylic acids is 2. The van der Waals surface area contributed by atoms with Gasteiger partial charge in [-0.2, -0.15) is 9.30 Å². The summed E-state index contributed by atoms with van der Waals surface area (Å²) in [6, 6.07) is 11.9. The molecule has 1 aliphatic rings. The third-order valence-corrected chi connectivity index (χ3v) is 9.80. The fourth-order valence-electron chi connectivity index (χ4n) is 4.57. The Hall–Kier alpha value is -2.82. The van der Waals surface area contributed by atoms with E-state index in [4.69, 9.17) is 4.74 Å². The lowest BCUT2D eigenvalue weighted by Gasteiger charge is -2.32. The van der Waals surface area contributed by atoms with Crippen LogP contribution in [0.3, 0.4) is 0 Å². The Bertz CT molecular complexity index is 1460. The summed E-state index contributed by atoms with van der Waals surface area (Å²) < 4.78 is 35.2. The van der Waals surface area contributed by atoms with Crippen molar-refractivity contribution in [2.45, 2.75) is 69.9 Å². The molecule has 1 aromatic heterocycles. The van der Waals surface area contributed by atoms with Crippen molar-refractivity contribution in [2.75, 3.05) is 13.7 Å². The minimum Gasteiger partial charge on any atom is -0.468 e. The smallest absolute Gasteiger partial charge is 0.325 e. The summed E-state index contributed by atoms with van der Waals surface area (Å²) in [4.78, 5) is 30.0. The first-order valence-corrected chi connectivity index (χ1v) is 14.9. The number of esters is 1. The second kappa shape index (κ2) is 11.7. The Morgan fingerprint density at radius 1 is 1.14 bits per heavy atom. The molecular weight excluding hydrogens is 510 g/mol. The first-order valence-electron chi connectivity index (χ1n) is 12.6. The van der Waals surface area contributed by atoms with Crippen molar-refractivity contribution in [1.29, 1.82) is 0 Å². The van der Waals surface area contributed by atoms with Crippen LogP contribution in [0.4, 0.5) is 0 Å². The molecule has 8 nitrogen and oxygen atoms in total. The molecule has 1 amide bonds. The Morgan fingerprint density at radius 2 is 1.89 bits per heavy atom. The number of amides is 1. The third kappa shape index (κ3) is 6.02. The molecule has 0 radical (unpaired) electrons. The number of nitrogens with zero attached hydrogens (tertiary/aromatic N) is 3. The third-order valence-electron chi connectivity index (χ3n) is 6.73. The normalized spacial score (nSPS) is 17.3. The van der Waals surface area contributed by atoms with Gasteiger partial charge >= 0.3 is 5.97 Å². The van der Waals surface area contributed by atoms with Crippen LogP contribution in [-0.2, 0) is 32.5 Å². The van der Waals surface area contributed by atoms with Crippen LogP contribution in [-0.4, -0.2) is 48.9 Å². The molecule has 0 N–H and O–H groups in total. The molecule has 1 unspecified atom stereocenters. The van der Waals surface area contributed by atoms with Crippen molar-refractivity contribution in [3.8, 4) is 0 Å². The van der Waals surface area contributed by atoms with Crippen LogP contribution < -0.4 is 4.80 Å². The van der Waals surface area contributed by atoms with Gasteiger partial charge < -0.3 is 9.30 Å².